The van der Waals surface area contributed by atoms with Gasteiger partial charge in [-0.15, -0.1) is 24.8 Å². The third kappa shape index (κ3) is 4.43. The van der Waals surface area contributed by atoms with Crippen LogP contribution in [-0.2, 0) is 0 Å². The number of nitrogens with zero attached hydrogens (tertiary/aromatic N) is 1. The molecule has 1 aliphatic heterocycles. The molecule has 0 unspecified atom stereocenters. The fourth-order valence-electron chi connectivity index (χ4n) is 2.44. The molecule has 15 heavy (non-hydrogen) atoms. The normalized spacial score (nSPS) is 25.4. The van der Waals surface area contributed by atoms with E-state index in [1.807, 2.05) is 0 Å². The monoisotopic (exact) mass is 258 g/mol. The van der Waals surface area contributed by atoms with Gasteiger partial charge in [0.2, 0.25) is 0 Å². The van der Waals surface area contributed by atoms with Gasteiger partial charge in [-0.3, -0.25) is 4.90 Å². The van der Waals surface area contributed by atoms with Crippen molar-refractivity contribution in [2.45, 2.75) is 31.4 Å². The van der Waals surface area contributed by atoms with Gasteiger partial charge in [-0.1, -0.05) is 12.8 Å². The quantitative estimate of drug-likeness (QED) is 0.816. The second-order valence-electron chi connectivity index (χ2n) is 4.38. The molecule has 1 heterocycles. The zero-order chi connectivity index (χ0) is 9.15. The summed E-state index contributed by atoms with van der Waals surface area (Å²) in [6.45, 7) is 4.76. The van der Waals surface area contributed by atoms with Crippen molar-refractivity contribution in [3.63, 3.8) is 0 Å². The lowest BCUT2D eigenvalue weighted by molar-refractivity contribution is 0.0904. The molecule has 0 spiro atoms. The average Bonchev–Trinajstić information content (AvgIpc) is 2.54. The lowest BCUT2D eigenvalue weighted by Gasteiger charge is -2.32. The number of halogens is 3. The van der Waals surface area contributed by atoms with E-state index in [2.05, 4.69) is 10.2 Å². The molecule has 5 heteroatoms. The first-order valence-corrected chi connectivity index (χ1v) is 5.41. The summed E-state index contributed by atoms with van der Waals surface area (Å²) in [5.74, 6) is 0. The van der Waals surface area contributed by atoms with Crippen LogP contribution in [0, 0.1) is 0 Å². The Labute approximate surface area is 104 Å². The van der Waals surface area contributed by atoms with Crippen LogP contribution >= 0.6 is 24.8 Å². The molecular weight excluding hydrogens is 238 g/mol. The average molecular weight is 259 g/mol. The van der Waals surface area contributed by atoms with Crippen LogP contribution in [0.15, 0.2) is 0 Å². The van der Waals surface area contributed by atoms with Crippen LogP contribution in [0.4, 0.5) is 4.39 Å². The Morgan fingerprint density at radius 2 is 1.60 bits per heavy atom. The van der Waals surface area contributed by atoms with Gasteiger partial charge < -0.3 is 5.32 Å². The van der Waals surface area contributed by atoms with Gasteiger partial charge in [-0.2, -0.15) is 0 Å². The summed E-state index contributed by atoms with van der Waals surface area (Å²) < 4.78 is 14.0. The van der Waals surface area contributed by atoms with Crippen molar-refractivity contribution in [3.05, 3.63) is 0 Å². The molecule has 92 valence electrons. The maximum Gasteiger partial charge on any atom is 0.123 e. The van der Waals surface area contributed by atoms with Crippen LogP contribution in [0.3, 0.4) is 0 Å². The predicted octanol–water partition coefficient (Wildman–Crippen LogP) is 2.02. The molecule has 0 atom stereocenters. The Morgan fingerprint density at radius 3 is 2.13 bits per heavy atom. The summed E-state index contributed by atoms with van der Waals surface area (Å²) in [6.07, 6.45) is 3.75. The van der Waals surface area contributed by atoms with Gasteiger partial charge in [0.1, 0.15) is 5.67 Å². The molecule has 2 nitrogen and oxygen atoms in total. The van der Waals surface area contributed by atoms with Crippen LogP contribution < -0.4 is 5.32 Å². The van der Waals surface area contributed by atoms with Crippen LogP contribution in [0.1, 0.15) is 25.7 Å². The Morgan fingerprint density at radius 1 is 1.07 bits per heavy atom. The molecule has 1 aliphatic carbocycles. The molecule has 2 aliphatic rings. The maximum absolute atomic E-state index is 14.0. The molecule has 0 aromatic carbocycles. The van der Waals surface area contributed by atoms with Crippen molar-refractivity contribution in [2.24, 2.45) is 0 Å². The predicted molar refractivity (Wildman–Crippen MR) is 66.1 cm³/mol. The molecule has 0 aromatic heterocycles. The third-order valence-corrected chi connectivity index (χ3v) is 3.22. The van der Waals surface area contributed by atoms with E-state index < -0.39 is 5.67 Å². The zero-order valence-electron chi connectivity index (χ0n) is 9.01. The first kappa shape index (κ1) is 15.4. The molecule has 1 saturated heterocycles. The minimum Gasteiger partial charge on any atom is -0.314 e. The van der Waals surface area contributed by atoms with Crippen molar-refractivity contribution >= 4 is 24.8 Å². The fourth-order valence-corrected chi connectivity index (χ4v) is 2.44. The molecule has 2 fully saturated rings. The highest BCUT2D eigenvalue weighted by Crippen LogP contribution is 2.33. The van der Waals surface area contributed by atoms with Crippen molar-refractivity contribution in [3.8, 4) is 0 Å². The first-order valence-electron chi connectivity index (χ1n) is 5.41. The summed E-state index contributed by atoms with van der Waals surface area (Å²) in [5, 5.41) is 3.29. The van der Waals surface area contributed by atoms with Crippen LogP contribution in [0.5, 0.6) is 0 Å². The highest BCUT2D eigenvalue weighted by atomic mass is 35.5. The summed E-state index contributed by atoms with van der Waals surface area (Å²) in [5.41, 5.74) is -0.850. The highest BCUT2D eigenvalue weighted by Gasteiger charge is 2.35. The standard InChI is InChI=1S/C10H19FN2.2ClH/c11-10(3-1-2-4-10)9-13-7-5-12-6-8-13;;/h12H,1-9H2;2*1H. The van der Waals surface area contributed by atoms with Gasteiger partial charge in [-0.25, -0.2) is 4.39 Å². The van der Waals surface area contributed by atoms with Gasteiger partial charge in [0, 0.05) is 32.7 Å². The molecular formula is C10H21Cl2FN2. The largest absolute Gasteiger partial charge is 0.314 e. The molecule has 0 amide bonds. The summed E-state index contributed by atoms with van der Waals surface area (Å²) in [6, 6.07) is 0. The van der Waals surface area contributed by atoms with E-state index in [4.69, 9.17) is 0 Å². The van der Waals surface area contributed by atoms with E-state index in [9.17, 15) is 4.39 Å². The number of hydrogen-bond acceptors (Lipinski definition) is 2. The second kappa shape index (κ2) is 6.89. The number of hydrogen-bond donors (Lipinski definition) is 1. The van der Waals surface area contributed by atoms with Gasteiger partial charge in [0.15, 0.2) is 0 Å². The number of nitrogens with one attached hydrogen (secondary N) is 1. The van der Waals surface area contributed by atoms with E-state index in [-0.39, 0.29) is 24.8 Å². The summed E-state index contributed by atoms with van der Waals surface area (Å²) >= 11 is 0. The Balaban J connectivity index is 0.000000980. The van der Waals surface area contributed by atoms with Crippen LogP contribution in [0.2, 0.25) is 0 Å². The maximum atomic E-state index is 14.0. The second-order valence-corrected chi connectivity index (χ2v) is 4.38. The SMILES string of the molecule is Cl.Cl.FC1(CN2CCNCC2)CCCC1. The molecule has 1 saturated carbocycles. The molecule has 2 rings (SSSR count). The van der Waals surface area contributed by atoms with Crippen molar-refractivity contribution < 1.29 is 4.39 Å². The molecule has 1 N–H and O–H groups in total. The van der Waals surface area contributed by atoms with Gasteiger partial charge in [0.05, 0.1) is 0 Å². The van der Waals surface area contributed by atoms with Gasteiger partial charge >= 0.3 is 0 Å². The fraction of sp³-hybridized carbons (Fsp3) is 1.00. The topological polar surface area (TPSA) is 15.3 Å². The zero-order valence-corrected chi connectivity index (χ0v) is 10.6. The Bertz CT molecular complexity index is 169. The van der Waals surface area contributed by atoms with E-state index in [0.29, 0.717) is 6.54 Å². The Kier molecular flexibility index (Phi) is 7.09. The smallest absolute Gasteiger partial charge is 0.123 e. The van der Waals surface area contributed by atoms with Crippen molar-refractivity contribution in [1.82, 2.24) is 10.2 Å². The molecule has 0 bridgehead atoms. The number of rotatable bonds is 2. The molecule has 0 radical (unpaired) electrons. The first-order chi connectivity index (χ1) is 6.29. The minimum absolute atomic E-state index is 0. The van der Waals surface area contributed by atoms with E-state index in [1.54, 1.807) is 0 Å². The molecule has 0 aromatic rings. The van der Waals surface area contributed by atoms with E-state index >= 15 is 0 Å². The minimum atomic E-state index is -0.850. The van der Waals surface area contributed by atoms with Gasteiger partial charge in [0.25, 0.3) is 0 Å². The van der Waals surface area contributed by atoms with E-state index in [1.165, 1.54) is 0 Å². The lowest BCUT2D eigenvalue weighted by atomic mass is 10.0. The summed E-state index contributed by atoms with van der Waals surface area (Å²) in [4.78, 5) is 2.27. The summed E-state index contributed by atoms with van der Waals surface area (Å²) in [7, 11) is 0. The lowest BCUT2D eigenvalue weighted by Crippen LogP contribution is -2.48. The van der Waals surface area contributed by atoms with Crippen LogP contribution in [-0.4, -0.2) is 43.3 Å². The van der Waals surface area contributed by atoms with Crippen molar-refractivity contribution in [2.75, 3.05) is 32.7 Å². The Hall–Kier alpha value is 0.430. The number of piperazine rings is 1. The van der Waals surface area contributed by atoms with E-state index in [0.717, 1.165) is 51.9 Å². The van der Waals surface area contributed by atoms with Crippen molar-refractivity contribution in [1.29, 1.82) is 0 Å². The number of alkyl halides is 1. The highest BCUT2D eigenvalue weighted by molar-refractivity contribution is 5.85. The third-order valence-electron chi connectivity index (χ3n) is 3.22. The van der Waals surface area contributed by atoms with Gasteiger partial charge in [-0.05, 0) is 12.8 Å². The van der Waals surface area contributed by atoms with Crippen LogP contribution in [0.25, 0.3) is 0 Å².